The second-order valence-electron chi connectivity index (χ2n) is 6.25. The number of nitrogens with zero attached hydrogens (tertiary/aromatic N) is 4. The summed E-state index contributed by atoms with van der Waals surface area (Å²) in [5, 5.41) is 9.09. The molecule has 31 heavy (non-hydrogen) atoms. The van der Waals surface area contributed by atoms with Crippen LogP contribution in [-0.4, -0.2) is 25.5 Å². The minimum Gasteiger partial charge on any atom is -0.410 e. The number of aromatic nitrogens is 3. The Morgan fingerprint density at radius 2 is 1.81 bits per heavy atom. The van der Waals surface area contributed by atoms with Crippen molar-refractivity contribution < 1.29 is 14.4 Å². The number of carbonyl (C=O) groups excluding carboxylic acids is 1. The van der Waals surface area contributed by atoms with Crippen molar-refractivity contribution in [2.45, 2.75) is 13.5 Å². The van der Waals surface area contributed by atoms with Gasteiger partial charge in [-0.2, -0.15) is 8.75 Å². The molecule has 156 valence electrons. The van der Waals surface area contributed by atoms with Gasteiger partial charge in [0.15, 0.2) is 11.7 Å². The van der Waals surface area contributed by atoms with E-state index < -0.39 is 6.09 Å². The molecule has 1 amide bonds. The molecule has 2 aromatic carbocycles. The third-order valence-corrected chi connectivity index (χ3v) is 5.43. The van der Waals surface area contributed by atoms with Crippen molar-refractivity contribution in [3.05, 3.63) is 88.7 Å². The zero-order chi connectivity index (χ0) is 21.5. The fourth-order valence-electron chi connectivity index (χ4n) is 2.58. The number of anilines is 1. The number of oxime groups is 1. The number of thiazole rings is 1. The maximum absolute atomic E-state index is 12.0. The first kappa shape index (κ1) is 20.6. The number of rotatable bonds is 7. The maximum Gasteiger partial charge on any atom is 0.418 e. The second kappa shape index (κ2) is 9.92. The van der Waals surface area contributed by atoms with Crippen LogP contribution >= 0.6 is 23.1 Å². The minimum atomic E-state index is -0.607. The monoisotopic (exact) mass is 451 g/mol. The van der Waals surface area contributed by atoms with Crippen molar-refractivity contribution in [1.29, 1.82) is 0 Å². The summed E-state index contributed by atoms with van der Waals surface area (Å²) in [5.41, 5.74) is 3.58. The molecule has 0 aliphatic carbocycles. The summed E-state index contributed by atoms with van der Waals surface area (Å²) in [6.07, 6.45) is -0.607. The Balaban J connectivity index is 1.39. The molecule has 1 N–H and O–H groups in total. The van der Waals surface area contributed by atoms with Crippen LogP contribution in [0.2, 0.25) is 0 Å². The zero-order valence-corrected chi connectivity index (χ0v) is 18.0. The highest BCUT2D eigenvalue weighted by molar-refractivity contribution is 7.13. The van der Waals surface area contributed by atoms with Crippen LogP contribution in [-0.2, 0) is 11.4 Å². The van der Waals surface area contributed by atoms with E-state index in [9.17, 15) is 4.79 Å². The van der Waals surface area contributed by atoms with Crippen LogP contribution in [0.15, 0.2) is 71.2 Å². The lowest BCUT2D eigenvalue weighted by Crippen LogP contribution is -2.16. The van der Waals surface area contributed by atoms with Crippen LogP contribution in [0.5, 0.6) is 5.75 Å². The zero-order valence-electron chi connectivity index (χ0n) is 16.4. The van der Waals surface area contributed by atoms with Crippen LogP contribution in [0.3, 0.4) is 0 Å². The summed E-state index contributed by atoms with van der Waals surface area (Å²) >= 11 is 2.40. The number of benzene rings is 2. The Kier molecular flexibility index (Phi) is 6.60. The van der Waals surface area contributed by atoms with Gasteiger partial charge in [-0.1, -0.05) is 53.7 Å². The normalized spacial score (nSPS) is 11.2. The topological polar surface area (TPSA) is 98.6 Å². The van der Waals surface area contributed by atoms with Gasteiger partial charge < -0.3 is 9.57 Å². The molecule has 0 aliphatic heterocycles. The van der Waals surface area contributed by atoms with E-state index in [0.717, 1.165) is 23.0 Å². The number of hydrogen-bond acceptors (Lipinski definition) is 9. The first-order valence-electron chi connectivity index (χ1n) is 9.22. The molecule has 0 atom stereocenters. The molecular weight excluding hydrogens is 434 g/mol. The van der Waals surface area contributed by atoms with Crippen LogP contribution in [0.25, 0.3) is 0 Å². The Bertz CT molecular complexity index is 1180. The van der Waals surface area contributed by atoms with Gasteiger partial charge in [0.2, 0.25) is 0 Å². The van der Waals surface area contributed by atoms with Crippen molar-refractivity contribution in [2.75, 3.05) is 5.32 Å². The van der Waals surface area contributed by atoms with Gasteiger partial charge in [0.05, 0.1) is 23.1 Å². The predicted octanol–water partition coefficient (Wildman–Crippen LogP) is 4.88. The number of hydrogen-bond donors (Lipinski definition) is 1. The second-order valence-corrected chi connectivity index (χ2v) is 7.64. The smallest absolute Gasteiger partial charge is 0.410 e. The van der Waals surface area contributed by atoms with E-state index in [4.69, 9.17) is 9.57 Å². The summed E-state index contributed by atoms with van der Waals surface area (Å²) in [4.78, 5) is 21.9. The molecule has 10 heteroatoms. The third-order valence-electron chi connectivity index (χ3n) is 4.01. The molecule has 0 saturated carbocycles. The molecule has 0 fully saturated rings. The lowest BCUT2D eigenvalue weighted by atomic mass is 10.1. The molecule has 0 saturated heterocycles. The lowest BCUT2D eigenvalue weighted by molar-refractivity contribution is 0.128. The molecule has 0 unspecified atom stereocenters. The summed E-state index contributed by atoms with van der Waals surface area (Å²) in [7, 11) is 0. The molecule has 0 bridgehead atoms. The van der Waals surface area contributed by atoms with Gasteiger partial charge in [0.1, 0.15) is 17.2 Å². The Morgan fingerprint density at radius 1 is 1.06 bits per heavy atom. The highest BCUT2D eigenvalue weighted by Gasteiger charge is 2.15. The number of nitrogens with one attached hydrogen (secondary N) is 1. The average Bonchev–Trinajstić information content (AvgIpc) is 3.41. The maximum atomic E-state index is 12.0. The van der Waals surface area contributed by atoms with Gasteiger partial charge in [-0.15, -0.1) is 11.3 Å². The molecular formula is C21H17N5O3S2. The highest BCUT2D eigenvalue weighted by Crippen LogP contribution is 2.18. The SMILES string of the molecule is Cc1nsnc1/C(=N\OCc1csc(NC(=O)Oc2ccccc2)n1)c1ccccc1. The largest absolute Gasteiger partial charge is 0.418 e. The Morgan fingerprint density at radius 3 is 2.52 bits per heavy atom. The summed E-state index contributed by atoms with van der Waals surface area (Å²) in [5.74, 6) is 0.453. The average molecular weight is 452 g/mol. The Labute approximate surface area is 186 Å². The van der Waals surface area contributed by atoms with Crippen LogP contribution in [0.4, 0.5) is 9.93 Å². The molecule has 4 aromatic rings. The van der Waals surface area contributed by atoms with Gasteiger partial charge >= 0.3 is 6.09 Å². The molecule has 0 radical (unpaired) electrons. The molecule has 2 heterocycles. The van der Waals surface area contributed by atoms with Gasteiger partial charge in [-0.3, -0.25) is 5.32 Å². The van der Waals surface area contributed by atoms with Crippen molar-refractivity contribution in [3.8, 4) is 5.75 Å². The highest BCUT2D eigenvalue weighted by atomic mass is 32.1. The van der Waals surface area contributed by atoms with Crippen LogP contribution in [0, 0.1) is 6.92 Å². The molecule has 2 aromatic heterocycles. The first-order chi connectivity index (χ1) is 15.2. The summed E-state index contributed by atoms with van der Waals surface area (Å²) < 4.78 is 13.7. The van der Waals surface area contributed by atoms with E-state index in [-0.39, 0.29) is 6.61 Å². The fraction of sp³-hybridized carbons (Fsp3) is 0.0952. The van der Waals surface area contributed by atoms with Gasteiger partial charge in [-0.25, -0.2) is 9.78 Å². The van der Waals surface area contributed by atoms with Gasteiger partial charge in [0.25, 0.3) is 0 Å². The van der Waals surface area contributed by atoms with E-state index in [1.165, 1.54) is 11.3 Å². The number of carbonyl (C=O) groups is 1. The predicted molar refractivity (Wildman–Crippen MR) is 120 cm³/mol. The van der Waals surface area contributed by atoms with E-state index in [1.807, 2.05) is 43.3 Å². The number of ether oxygens (including phenoxy) is 1. The lowest BCUT2D eigenvalue weighted by Gasteiger charge is -2.05. The minimum absolute atomic E-state index is 0.138. The first-order valence-corrected chi connectivity index (χ1v) is 10.8. The standard InChI is InChI=1S/C21H17N5O3S2/c1-14-18(26-31-25-14)19(15-8-4-2-5-9-15)24-28-12-16-13-30-20(22-16)23-21(27)29-17-10-6-3-7-11-17/h2-11,13H,12H2,1H3,(H,22,23,27)/b24-19-. The summed E-state index contributed by atoms with van der Waals surface area (Å²) in [6, 6.07) is 18.5. The van der Waals surface area contributed by atoms with E-state index in [0.29, 0.717) is 28.0 Å². The molecule has 4 rings (SSSR count). The molecule has 8 nitrogen and oxygen atoms in total. The van der Waals surface area contributed by atoms with E-state index >= 15 is 0 Å². The van der Waals surface area contributed by atoms with Crippen molar-refractivity contribution >= 4 is 40.0 Å². The fourth-order valence-corrected chi connectivity index (χ4v) is 3.81. The van der Waals surface area contributed by atoms with Gasteiger partial charge in [0, 0.05) is 10.9 Å². The van der Waals surface area contributed by atoms with Crippen molar-refractivity contribution in [1.82, 2.24) is 13.7 Å². The van der Waals surface area contributed by atoms with Gasteiger partial charge in [-0.05, 0) is 19.1 Å². The third kappa shape index (κ3) is 5.50. The summed E-state index contributed by atoms with van der Waals surface area (Å²) in [6.45, 7) is 2.02. The van der Waals surface area contributed by atoms with Crippen LogP contribution < -0.4 is 10.1 Å². The number of para-hydroxylation sites is 1. The van der Waals surface area contributed by atoms with E-state index in [2.05, 4.69) is 24.2 Å². The molecule has 0 spiro atoms. The number of amides is 1. The van der Waals surface area contributed by atoms with E-state index in [1.54, 1.807) is 29.6 Å². The van der Waals surface area contributed by atoms with Crippen molar-refractivity contribution in [2.24, 2.45) is 5.16 Å². The quantitative estimate of drug-likeness (QED) is 0.317. The molecule has 0 aliphatic rings. The Hall–Kier alpha value is -3.63. The van der Waals surface area contributed by atoms with Crippen LogP contribution in [0.1, 0.15) is 22.6 Å². The number of aryl methyl sites for hydroxylation is 1. The van der Waals surface area contributed by atoms with Crippen molar-refractivity contribution in [3.63, 3.8) is 0 Å².